The second-order valence-corrected chi connectivity index (χ2v) is 20.9. The van der Waals surface area contributed by atoms with Crippen LogP contribution in [0, 0.1) is 46.8 Å². The van der Waals surface area contributed by atoms with Crippen molar-refractivity contribution in [3.8, 4) is 0 Å². The lowest BCUT2D eigenvalue weighted by atomic mass is 9.69. The van der Waals surface area contributed by atoms with Gasteiger partial charge in [-0.2, -0.15) is 0 Å². The van der Waals surface area contributed by atoms with E-state index in [0.29, 0.717) is 135 Å². The predicted octanol–water partition coefficient (Wildman–Crippen LogP) is 3.84. The lowest BCUT2D eigenvalue weighted by Crippen LogP contribution is -2.50. The third-order valence-electron chi connectivity index (χ3n) is 15.4. The molecular weight excluding hydrogens is 841 g/mol. The summed E-state index contributed by atoms with van der Waals surface area (Å²) in [5.74, 6) is -1.52. The summed E-state index contributed by atoms with van der Waals surface area (Å²) in [5, 5.41) is 90.8. The van der Waals surface area contributed by atoms with Gasteiger partial charge < -0.3 is 60.2 Å². The molecule has 15 heteroatoms. The first-order valence-corrected chi connectivity index (χ1v) is 25.2. The lowest BCUT2D eigenvalue weighted by molar-refractivity contribution is -0.144. The Hall–Kier alpha value is -1.47. The van der Waals surface area contributed by atoms with Crippen LogP contribution in [0.5, 0.6) is 0 Å². The fraction of sp³-hybridized carbons (Fsp3) is 0.940. The van der Waals surface area contributed by atoms with Crippen LogP contribution < -0.4 is 0 Å². The van der Waals surface area contributed by atoms with Crippen molar-refractivity contribution < 1.29 is 74.6 Å². The quantitative estimate of drug-likeness (QED) is 0.0434. The summed E-state index contributed by atoms with van der Waals surface area (Å²) in [6.07, 6.45) is 3.12. The van der Waals surface area contributed by atoms with E-state index in [2.05, 4.69) is 13.8 Å². The van der Waals surface area contributed by atoms with E-state index in [4.69, 9.17) is 14.2 Å². The first-order valence-electron chi connectivity index (χ1n) is 25.2. The van der Waals surface area contributed by atoms with Gasteiger partial charge in [-0.3, -0.25) is 14.4 Å². The number of carbonyl (C=O) groups is 3. The van der Waals surface area contributed by atoms with E-state index in [1.807, 2.05) is 20.8 Å². The molecule has 65 heavy (non-hydrogen) atoms. The summed E-state index contributed by atoms with van der Waals surface area (Å²) >= 11 is 0. The van der Waals surface area contributed by atoms with Gasteiger partial charge >= 0.3 is 0 Å². The maximum atomic E-state index is 13.4. The molecule has 15 atom stereocenters. The Morgan fingerprint density at radius 3 is 0.985 bits per heavy atom. The number of aliphatic hydroxyl groups excluding tert-OH is 9. The highest BCUT2D eigenvalue weighted by molar-refractivity contribution is 5.79. The molecule has 0 aliphatic heterocycles. The van der Waals surface area contributed by atoms with Gasteiger partial charge in [0.2, 0.25) is 0 Å². The van der Waals surface area contributed by atoms with E-state index in [0.717, 1.165) is 6.42 Å². The number of Topliss-reactive ketones (excluding diaryl/α,β-unsaturated/α-hetero) is 3. The molecule has 0 amide bonds. The first kappa shape index (κ1) is 57.8. The number of unbranched alkanes of at least 4 members (excludes halogenated alkanes) is 3. The molecule has 15 nitrogen and oxygen atoms in total. The minimum Gasteiger partial charge on any atom is -0.396 e. The van der Waals surface area contributed by atoms with Gasteiger partial charge in [0.25, 0.3) is 0 Å². The highest BCUT2D eigenvalue weighted by atomic mass is 16.5. The topological polar surface area (TPSA) is 261 Å². The molecule has 0 aromatic heterocycles. The van der Waals surface area contributed by atoms with Gasteiger partial charge in [-0.05, 0) is 94.8 Å². The average molecular weight is 931 g/mol. The molecule has 3 fully saturated rings. The Balaban J connectivity index is 1.52. The zero-order valence-corrected chi connectivity index (χ0v) is 40.4. The van der Waals surface area contributed by atoms with Crippen molar-refractivity contribution >= 4 is 17.3 Å². The molecule has 3 rings (SSSR count). The van der Waals surface area contributed by atoms with Gasteiger partial charge in [0.15, 0.2) is 0 Å². The second-order valence-electron chi connectivity index (χ2n) is 20.9. The standard InChI is InChI=1S/C50H90O15/c1-31(2)27-50(18-15-38(54)12-6-9-21-63-41-24-35(28-51)47(60)44(57)32(41)3,19-16-39(55)13-7-10-22-64-42-25-36(29-52)48(61)45(58)33(42)4)20-17-40(56)14-8-11-23-65-43-26-37(30-53)49(62)46(59)34(43)5/h31-37,41-49,51-53,57-62H,6-30H2,1-5H3/t32?,33?,34?,35?,36?,37?,41-,42-,43-,44-,45-,46-,47+,48+,49+,50?/m1/s1. The van der Waals surface area contributed by atoms with Crippen molar-refractivity contribution in [2.75, 3.05) is 39.6 Å². The summed E-state index contributed by atoms with van der Waals surface area (Å²) in [6.45, 7) is 10.2. The number of hydrogen-bond acceptors (Lipinski definition) is 15. The fourth-order valence-corrected chi connectivity index (χ4v) is 10.7. The SMILES string of the molecule is CC(C)CC(CCC(=O)CCCCO[C@@H]1CC(CO)[C@H](O)[C@H](O)C1C)(CCC(=O)CCCCO[C@@H]1CC(CO)[C@H](O)[C@H](O)C1C)CCC(=O)CCCCO[C@@H]1CC(CO)[C@H](O)[C@H](O)C1C. The average Bonchev–Trinajstić information content (AvgIpc) is 3.28. The molecule has 0 bridgehead atoms. The number of aliphatic hydroxyl groups is 9. The van der Waals surface area contributed by atoms with E-state index in [9.17, 15) is 60.3 Å². The van der Waals surface area contributed by atoms with E-state index in [1.54, 1.807) is 0 Å². The van der Waals surface area contributed by atoms with E-state index >= 15 is 0 Å². The van der Waals surface area contributed by atoms with E-state index < -0.39 is 54.4 Å². The molecule has 0 aromatic carbocycles. The van der Waals surface area contributed by atoms with Gasteiger partial charge in [0, 0.05) is 114 Å². The Morgan fingerprint density at radius 1 is 0.462 bits per heavy atom. The molecule has 3 saturated carbocycles. The van der Waals surface area contributed by atoms with Crippen LogP contribution in [0.3, 0.4) is 0 Å². The van der Waals surface area contributed by atoms with Crippen LogP contribution in [-0.2, 0) is 28.6 Å². The summed E-state index contributed by atoms with van der Waals surface area (Å²) in [6, 6.07) is 0. The number of carbonyl (C=O) groups excluding carboxylic acids is 3. The zero-order chi connectivity index (χ0) is 48.3. The molecule has 0 heterocycles. The maximum absolute atomic E-state index is 13.4. The zero-order valence-electron chi connectivity index (χ0n) is 40.4. The molecule has 0 saturated heterocycles. The second kappa shape index (κ2) is 29.5. The largest absolute Gasteiger partial charge is 0.396 e. The third kappa shape index (κ3) is 18.4. The van der Waals surface area contributed by atoms with Crippen LogP contribution in [-0.4, -0.2) is 158 Å². The van der Waals surface area contributed by atoms with Gasteiger partial charge in [-0.25, -0.2) is 0 Å². The van der Waals surface area contributed by atoms with Crippen molar-refractivity contribution in [1.29, 1.82) is 0 Å². The minimum absolute atomic E-state index is 0.125. The van der Waals surface area contributed by atoms with Gasteiger partial charge in [0.05, 0.1) is 54.9 Å². The van der Waals surface area contributed by atoms with E-state index in [-0.39, 0.29) is 84.6 Å². The van der Waals surface area contributed by atoms with Crippen molar-refractivity contribution in [3.63, 3.8) is 0 Å². The van der Waals surface area contributed by atoms with Crippen LogP contribution in [0.4, 0.5) is 0 Å². The van der Waals surface area contributed by atoms with Crippen molar-refractivity contribution in [3.05, 3.63) is 0 Å². The summed E-state index contributed by atoms with van der Waals surface area (Å²) in [7, 11) is 0. The molecule has 6 unspecified atom stereocenters. The number of rotatable bonds is 32. The number of ether oxygens (including phenoxy) is 3. The maximum Gasteiger partial charge on any atom is 0.132 e. The van der Waals surface area contributed by atoms with Crippen molar-refractivity contribution in [2.24, 2.45) is 46.8 Å². The molecule has 0 aromatic rings. The van der Waals surface area contributed by atoms with Crippen LogP contribution in [0.15, 0.2) is 0 Å². The lowest BCUT2D eigenvalue weighted by Gasteiger charge is -2.40. The van der Waals surface area contributed by atoms with E-state index in [1.165, 1.54) is 0 Å². The van der Waals surface area contributed by atoms with Crippen LogP contribution in [0.2, 0.25) is 0 Å². The normalized spacial score (nSPS) is 34.1. The molecular formula is C50H90O15. The van der Waals surface area contributed by atoms with Gasteiger partial charge in [-0.1, -0.05) is 34.6 Å². The predicted molar refractivity (Wildman–Crippen MR) is 244 cm³/mol. The molecule has 3 aliphatic carbocycles. The monoisotopic (exact) mass is 931 g/mol. The molecule has 0 spiro atoms. The molecule has 0 radical (unpaired) electrons. The highest BCUT2D eigenvalue weighted by Gasteiger charge is 2.43. The number of hydrogen-bond donors (Lipinski definition) is 9. The molecule has 3 aliphatic rings. The fourth-order valence-electron chi connectivity index (χ4n) is 10.7. The first-order chi connectivity index (χ1) is 30.9. The Kier molecular flexibility index (Phi) is 26.3. The number of ketones is 3. The third-order valence-corrected chi connectivity index (χ3v) is 15.4. The van der Waals surface area contributed by atoms with Crippen molar-refractivity contribution in [2.45, 2.75) is 212 Å². The highest BCUT2D eigenvalue weighted by Crippen LogP contribution is 2.42. The van der Waals surface area contributed by atoms with Gasteiger partial charge in [-0.15, -0.1) is 0 Å². The van der Waals surface area contributed by atoms with Crippen LogP contribution >= 0.6 is 0 Å². The Bertz CT molecular complexity index is 1210. The minimum atomic E-state index is -0.985. The summed E-state index contributed by atoms with van der Waals surface area (Å²) in [5.41, 5.74) is -0.381. The summed E-state index contributed by atoms with van der Waals surface area (Å²) in [4.78, 5) is 40.1. The summed E-state index contributed by atoms with van der Waals surface area (Å²) < 4.78 is 18.1. The van der Waals surface area contributed by atoms with Gasteiger partial charge in [0.1, 0.15) is 17.3 Å². The van der Waals surface area contributed by atoms with Crippen LogP contribution in [0.1, 0.15) is 157 Å². The molecule has 9 N–H and O–H groups in total. The van der Waals surface area contributed by atoms with Crippen molar-refractivity contribution in [1.82, 2.24) is 0 Å². The Morgan fingerprint density at radius 2 is 0.738 bits per heavy atom. The van der Waals surface area contributed by atoms with Crippen LogP contribution in [0.25, 0.3) is 0 Å². The smallest absolute Gasteiger partial charge is 0.132 e. The molecule has 380 valence electrons. The Labute approximate surface area is 389 Å².